The van der Waals surface area contributed by atoms with Gasteiger partial charge in [-0.15, -0.1) is 0 Å². The van der Waals surface area contributed by atoms with E-state index in [4.69, 9.17) is 4.52 Å². The molecule has 0 unspecified atom stereocenters. The van der Waals surface area contributed by atoms with Crippen molar-refractivity contribution in [3.05, 3.63) is 34.3 Å². The summed E-state index contributed by atoms with van der Waals surface area (Å²) >= 11 is 1.67. The molecule has 13 heavy (non-hydrogen) atoms. The van der Waals surface area contributed by atoms with E-state index in [1.54, 1.807) is 17.6 Å². The van der Waals surface area contributed by atoms with Gasteiger partial charge < -0.3 is 9.84 Å². The highest BCUT2D eigenvalue weighted by Crippen LogP contribution is 2.13. The van der Waals surface area contributed by atoms with Crippen LogP contribution in [-0.2, 0) is 6.54 Å². The van der Waals surface area contributed by atoms with Gasteiger partial charge in [-0.05, 0) is 18.4 Å². The highest BCUT2D eigenvalue weighted by molar-refractivity contribution is 7.08. The summed E-state index contributed by atoms with van der Waals surface area (Å²) in [5.41, 5.74) is 3.18. The summed E-state index contributed by atoms with van der Waals surface area (Å²) in [6, 6.07) is 2.04. The fraction of sp³-hybridized carbons (Fsp3) is 0.222. The Balaban J connectivity index is 1.97. The molecule has 0 radical (unpaired) electrons. The molecule has 0 aliphatic rings. The number of anilines is 1. The lowest BCUT2D eigenvalue weighted by atomic mass is 10.3. The van der Waals surface area contributed by atoms with Gasteiger partial charge in [0.25, 0.3) is 0 Å². The lowest BCUT2D eigenvalue weighted by molar-refractivity contribution is 0.412. The molecule has 0 aliphatic carbocycles. The van der Waals surface area contributed by atoms with Crippen LogP contribution in [0.3, 0.4) is 0 Å². The number of nitrogens with zero attached hydrogens (tertiary/aromatic N) is 1. The number of hydrogen-bond acceptors (Lipinski definition) is 4. The second-order valence-corrected chi connectivity index (χ2v) is 3.59. The third-order valence-corrected chi connectivity index (χ3v) is 2.51. The van der Waals surface area contributed by atoms with E-state index in [2.05, 4.69) is 15.9 Å². The molecule has 0 aromatic carbocycles. The van der Waals surface area contributed by atoms with E-state index in [1.807, 2.05) is 18.4 Å². The fourth-order valence-corrected chi connectivity index (χ4v) is 1.64. The monoisotopic (exact) mass is 194 g/mol. The molecule has 0 atom stereocenters. The van der Waals surface area contributed by atoms with Crippen LogP contribution in [-0.4, -0.2) is 5.16 Å². The quantitative estimate of drug-likeness (QED) is 0.816. The van der Waals surface area contributed by atoms with Crippen molar-refractivity contribution in [2.45, 2.75) is 13.5 Å². The Morgan fingerprint density at radius 3 is 3.15 bits per heavy atom. The number of aryl methyl sites for hydroxylation is 1. The molecule has 0 amide bonds. The van der Waals surface area contributed by atoms with E-state index < -0.39 is 0 Å². The Labute approximate surface area is 80.4 Å². The molecule has 4 heteroatoms. The third-order valence-electron chi connectivity index (χ3n) is 1.83. The van der Waals surface area contributed by atoms with E-state index in [1.165, 1.54) is 0 Å². The summed E-state index contributed by atoms with van der Waals surface area (Å²) < 4.78 is 4.83. The molecule has 2 heterocycles. The lowest BCUT2D eigenvalue weighted by Crippen LogP contribution is -1.99. The number of nitrogens with one attached hydrogen (secondary N) is 1. The summed E-state index contributed by atoms with van der Waals surface area (Å²) in [6.07, 6.45) is 1.66. The molecule has 0 bridgehead atoms. The molecule has 2 aromatic heterocycles. The first-order valence-electron chi connectivity index (χ1n) is 4.02. The van der Waals surface area contributed by atoms with Gasteiger partial charge in [-0.3, -0.25) is 0 Å². The molecule has 68 valence electrons. The van der Waals surface area contributed by atoms with Crippen molar-refractivity contribution in [3.63, 3.8) is 0 Å². The van der Waals surface area contributed by atoms with E-state index >= 15 is 0 Å². The Morgan fingerprint density at radius 2 is 2.54 bits per heavy atom. The topological polar surface area (TPSA) is 38.1 Å². The van der Waals surface area contributed by atoms with Crippen LogP contribution in [0.25, 0.3) is 0 Å². The number of thiophene rings is 1. The number of rotatable bonds is 3. The lowest BCUT2D eigenvalue weighted by Gasteiger charge is -1.99. The number of aromatic nitrogens is 1. The minimum Gasteiger partial charge on any atom is -0.379 e. The standard InChI is InChI=1S/C9H10N2OS/c1-7-5-12-11-9(7)4-10-8-2-3-13-6-8/h2-3,5-6,10H,4H2,1H3. The molecule has 0 aliphatic heterocycles. The smallest absolute Gasteiger partial charge is 0.127 e. The Bertz CT molecular complexity index is 367. The second kappa shape index (κ2) is 3.62. The molecule has 0 fully saturated rings. The van der Waals surface area contributed by atoms with Crippen molar-refractivity contribution < 1.29 is 4.52 Å². The van der Waals surface area contributed by atoms with Gasteiger partial charge in [0.05, 0.1) is 6.54 Å². The van der Waals surface area contributed by atoms with E-state index in [0.29, 0.717) is 0 Å². The van der Waals surface area contributed by atoms with Gasteiger partial charge in [0.15, 0.2) is 0 Å². The van der Waals surface area contributed by atoms with Crippen LogP contribution in [0.5, 0.6) is 0 Å². The second-order valence-electron chi connectivity index (χ2n) is 2.81. The maximum Gasteiger partial charge on any atom is 0.127 e. The van der Waals surface area contributed by atoms with Gasteiger partial charge in [-0.2, -0.15) is 11.3 Å². The third kappa shape index (κ3) is 1.89. The predicted octanol–water partition coefficient (Wildman–Crippen LogP) is 2.66. The van der Waals surface area contributed by atoms with Crippen LogP contribution in [0, 0.1) is 6.92 Å². The molecule has 2 aromatic rings. The van der Waals surface area contributed by atoms with Crippen LogP contribution in [0.15, 0.2) is 27.6 Å². The number of hydrogen-bond donors (Lipinski definition) is 1. The molecule has 2 rings (SSSR count). The largest absolute Gasteiger partial charge is 0.379 e. The maximum absolute atomic E-state index is 4.83. The zero-order valence-electron chi connectivity index (χ0n) is 7.28. The van der Waals surface area contributed by atoms with Crippen LogP contribution in [0.4, 0.5) is 5.69 Å². The van der Waals surface area contributed by atoms with E-state index in [-0.39, 0.29) is 0 Å². The van der Waals surface area contributed by atoms with Crippen molar-refractivity contribution in [2.24, 2.45) is 0 Å². The summed E-state index contributed by atoms with van der Waals surface area (Å²) in [6.45, 7) is 2.71. The summed E-state index contributed by atoms with van der Waals surface area (Å²) in [5, 5.41) is 11.2. The molecular weight excluding hydrogens is 184 g/mol. The van der Waals surface area contributed by atoms with Gasteiger partial charge in [0, 0.05) is 16.6 Å². The average Bonchev–Trinajstić information content (AvgIpc) is 2.72. The van der Waals surface area contributed by atoms with Gasteiger partial charge in [-0.1, -0.05) is 5.16 Å². The van der Waals surface area contributed by atoms with Gasteiger partial charge in [0.2, 0.25) is 0 Å². The van der Waals surface area contributed by atoms with Crippen molar-refractivity contribution >= 4 is 17.0 Å². The van der Waals surface area contributed by atoms with Crippen LogP contribution >= 0.6 is 11.3 Å². The van der Waals surface area contributed by atoms with Crippen molar-refractivity contribution in [1.29, 1.82) is 0 Å². The van der Waals surface area contributed by atoms with Gasteiger partial charge >= 0.3 is 0 Å². The first-order valence-corrected chi connectivity index (χ1v) is 4.96. The Hall–Kier alpha value is -1.29. The van der Waals surface area contributed by atoms with Gasteiger partial charge in [0.1, 0.15) is 12.0 Å². The molecular formula is C9H10N2OS. The Morgan fingerprint density at radius 1 is 1.62 bits per heavy atom. The minimum absolute atomic E-state index is 0.721. The summed E-state index contributed by atoms with van der Waals surface area (Å²) in [5.74, 6) is 0. The Kier molecular flexibility index (Phi) is 2.31. The predicted molar refractivity (Wildman–Crippen MR) is 52.9 cm³/mol. The molecule has 0 spiro atoms. The summed E-state index contributed by atoms with van der Waals surface area (Å²) in [4.78, 5) is 0. The normalized spacial score (nSPS) is 10.2. The SMILES string of the molecule is Cc1conc1CNc1ccsc1. The van der Waals surface area contributed by atoms with Crippen LogP contribution in [0.2, 0.25) is 0 Å². The average molecular weight is 194 g/mol. The highest BCUT2D eigenvalue weighted by atomic mass is 32.1. The zero-order chi connectivity index (χ0) is 9.10. The van der Waals surface area contributed by atoms with Gasteiger partial charge in [-0.25, -0.2) is 0 Å². The van der Waals surface area contributed by atoms with Crippen LogP contribution < -0.4 is 5.32 Å². The van der Waals surface area contributed by atoms with E-state index in [0.717, 1.165) is 23.5 Å². The maximum atomic E-state index is 4.83. The van der Waals surface area contributed by atoms with Crippen LogP contribution in [0.1, 0.15) is 11.3 Å². The molecule has 0 saturated heterocycles. The first-order chi connectivity index (χ1) is 6.36. The molecule has 0 saturated carbocycles. The fourth-order valence-electron chi connectivity index (χ4n) is 1.03. The zero-order valence-corrected chi connectivity index (χ0v) is 8.10. The van der Waals surface area contributed by atoms with Crippen molar-refractivity contribution in [3.8, 4) is 0 Å². The van der Waals surface area contributed by atoms with E-state index in [9.17, 15) is 0 Å². The minimum atomic E-state index is 0.721. The molecule has 3 nitrogen and oxygen atoms in total. The van der Waals surface area contributed by atoms with Crippen molar-refractivity contribution in [2.75, 3.05) is 5.32 Å². The summed E-state index contributed by atoms with van der Waals surface area (Å²) in [7, 11) is 0. The molecule has 1 N–H and O–H groups in total. The highest BCUT2D eigenvalue weighted by Gasteiger charge is 2.01. The van der Waals surface area contributed by atoms with Crippen molar-refractivity contribution in [1.82, 2.24) is 5.16 Å². The first kappa shape index (κ1) is 8.31.